The van der Waals surface area contributed by atoms with Crippen molar-refractivity contribution in [3.05, 3.63) is 5.56 Å². The summed E-state index contributed by atoms with van der Waals surface area (Å²) in [5.74, 6) is 0.684. The van der Waals surface area contributed by atoms with Crippen molar-refractivity contribution in [2.45, 2.75) is 51.5 Å². The van der Waals surface area contributed by atoms with Gasteiger partial charge in [-0.25, -0.2) is 4.79 Å². The van der Waals surface area contributed by atoms with Crippen LogP contribution in [0.2, 0.25) is 0 Å². The van der Waals surface area contributed by atoms with E-state index in [1.54, 1.807) is 0 Å². The predicted octanol–water partition coefficient (Wildman–Crippen LogP) is 3.69. The molecule has 0 aliphatic rings. The number of unbranched alkanes of at least 4 members (excludes halogenated alkanes) is 3. The monoisotopic (exact) mass is 358 g/mol. The van der Waals surface area contributed by atoms with Crippen molar-refractivity contribution in [3.8, 4) is 0 Å². The van der Waals surface area contributed by atoms with E-state index in [9.17, 15) is 9.59 Å². The van der Waals surface area contributed by atoms with Crippen molar-refractivity contribution >= 4 is 40.2 Å². The lowest BCUT2D eigenvalue weighted by Crippen LogP contribution is -2.32. The summed E-state index contributed by atoms with van der Waals surface area (Å²) in [6, 6.07) is -0.343. The highest BCUT2D eigenvalue weighted by Crippen LogP contribution is 2.32. The molecule has 4 N–H and O–H groups in total. The zero-order valence-electron chi connectivity index (χ0n) is 14.0. The minimum atomic E-state index is -0.561. The number of thioether (sulfide) groups is 1. The number of anilines is 1. The highest BCUT2D eigenvalue weighted by molar-refractivity contribution is 7.99. The van der Waals surface area contributed by atoms with Gasteiger partial charge in [-0.05, 0) is 29.6 Å². The van der Waals surface area contributed by atoms with Crippen LogP contribution in [0.15, 0.2) is 5.03 Å². The number of amides is 3. The first-order valence-corrected chi connectivity index (χ1v) is 9.68. The fourth-order valence-electron chi connectivity index (χ4n) is 1.82. The smallest absolute Gasteiger partial charge is 0.319 e. The lowest BCUT2D eigenvalue weighted by atomic mass is 10.2. The van der Waals surface area contributed by atoms with Crippen LogP contribution >= 0.6 is 23.3 Å². The van der Waals surface area contributed by atoms with Gasteiger partial charge in [0.2, 0.25) is 0 Å². The molecule has 0 aromatic carbocycles. The van der Waals surface area contributed by atoms with Crippen molar-refractivity contribution in [1.82, 2.24) is 9.69 Å². The number of carbonyl (C=O) groups excluding carboxylic acids is 2. The highest BCUT2D eigenvalue weighted by Gasteiger charge is 2.20. The van der Waals surface area contributed by atoms with Crippen LogP contribution in [-0.2, 0) is 0 Å². The maximum Gasteiger partial charge on any atom is 0.319 e. The second-order valence-electron chi connectivity index (χ2n) is 5.69. The molecule has 0 unspecified atom stereocenters. The predicted molar refractivity (Wildman–Crippen MR) is 97.4 cm³/mol. The Labute approximate surface area is 146 Å². The molecular weight excluding hydrogens is 332 g/mol. The second kappa shape index (κ2) is 10.5. The fraction of sp³-hybridized carbons (Fsp3) is 0.667. The van der Waals surface area contributed by atoms with Crippen LogP contribution in [0, 0.1) is 5.92 Å². The Morgan fingerprint density at radius 3 is 2.65 bits per heavy atom. The molecule has 1 aromatic heterocycles. The number of carbonyl (C=O) groups is 2. The molecule has 0 saturated carbocycles. The third kappa shape index (κ3) is 7.22. The van der Waals surface area contributed by atoms with Crippen molar-refractivity contribution in [3.63, 3.8) is 0 Å². The summed E-state index contributed by atoms with van der Waals surface area (Å²) in [7, 11) is 0. The second-order valence-corrected chi connectivity index (χ2v) is 7.55. The van der Waals surface area contributed by atoms with Gasteiger partial charge in [0.05, 0.1) is 0 Å². The number of urea groups is 1. The third-order valence-corrected chi connectivity index (χ3v) is 4.98. The average Bonchev–Trinajstić information content (AvgIpc) is 2.87. The van der Waals surface area contributed by atoms with Gasteiger partial charge in [0, 0.05) is 6.54 Å². The number of nitrogens with one attached hydrogen (secondary N) is 2. The minimum absolute atomic E-state index is 0.315. The van der Waals surface area contributed by atoms with Gasteiger partial charge < -0.3 is 11.1 Å². The van der Waals surface area contributed by atoms with Crippen LogP contribution in [0.4, 0.5) is 9.80 Å². The molecule has 1 aromatic rings. The average molecular weight is 359 g/mol. The molecule has 130 valence electrons. The maximum atomic E-state index is 11.8. The standard InChI is InChI=1S/C15H26N4O2S2/c1-4-5-6-7-8-22-14-11(12(16)20)13(23-19-14)18-15(21)17-9-10(2)3/h10H,4-9H2,1-3H3,(H2,16,20)(H2,17,18,21). The Kier molecular flexibility index (Phi) is 9.01. The van der Waals surface area contributed by atoms with Gasteiger partial charge >= 0.3 is 6.03 Å². The van der Waals surface area contributed by atoms with E-state index in [1.807, 2.05) is 13.8 Å². The molecule has 0 radical (unpaired) electrons. The summed E-state index contributed by atoms with van der Waals surface area (Å²) in [6.45, 7) is 6.75. The molecule has 3 amide bonds. The van der Waals surface area contributed by atoms with Crippen molar-refractivity contribution in [1.29, 1.82) is 0 Å². The fourth-order valence-corrected chi connectivity index (χ4v) is 3.79. The molecule has 0 bridgehead atoms. The minimum Gasteiger partial charge on any atom is -0.365 e. The van der Waals surface area contributed by atoms with Crippen molar-refractivity contribution < 1.29 is 9.59 Å². The molecule has 0 fully saturated rings. The van der Waals surface area contributed by atoms with E-state index in [-0.39, 0.29) is 6.03 Å². The largest absolute Gasteiger partial charge is 0.365 e. The third-order valence-electron chi connectivity index (χ3n) is 3.04. The van der Waals surface area contributed by atoms with Gasteiger partial charge in [-0.1, -0.05) is 40.0 Å². The number of primary amides is 1. The number of nitrogens with zero attached hydrogens (tertiary/aromatic N) is 1. The Bertz CT molecular complexity index is 518. The first kappa shape index (κ1) is 19.8. The van der Waals surface area contributed by atoms with E-state index in [4.69, 9.17) is 5.73 Å². The molecule has 0 spiro atoms. The molecular formula is C15H26N4O2S2. The van der Waals surface area contributed by atoms with Crippen molar-refractivity contribution in [2.75, 3.05) is 17.6 Å². The van der Waals surface area contributed by atoms with Crippen LogP contribution in [0.25, 0.3) is 0 Å². The topological polar surface area (TPSA) is 97.1 Å². The lowest BCUT2D eigenvalue weighted by molar-refractivity contribution is 0.0998. The molecule has 0 aliphatic heterocycles. The van der Waals surface area contributed by atoms with E-state index in [0.29, 0.717) is 28.1 Å². The normalized spacial score (nSPS) is 10.8. The van der Waals surface area contributed by atoms with E-state index >= 15 is 0 Å². The molecule has 0 saturated heterocycles. The zero-order valence-corrected chi connectivity index (χ0v) is 15.6. The Balaban J connectivity index is 2.63. The Morgan fingerprint density at radius 1 is 1.30 bits per heavy atom. The van der Waals surface area contributed by atoms with E-state index in [1.165, 1.54) is 31.0 Å². The number of aromatic nitrogens is 1. The lowest BCUT2D eigenvalue weighted by Gasteiger charge is -2.08. The van der Waals surface area contributed by atoms with Gasteiger partial charge in [-0.15, -0.1) is 11.8 Å². The van der Waals surface area contributed by atoms with E-state index < -0.39 is 5.91 Å². The summed E-state index contributed by atoms with van der Waals surface area (Å²) in [5, 5.41) is 6.43. The highest BCUT2D eigenvalue weighted by atomic mass is 32.2. The molecule has 6 nitrogen and oxygen atoms in total. The van der Waals surface area contributed by atoms with Crippen LogP contribution in [0.5, 0.6) is 0 Å². The van der Waals surface area contributed by atoms with Crippen molar-refractivity contribution in [2.24, 2.45) is 11.7 Å². The number of hydrogen-bond acceptors (Lipinski definition) is 5. The summed E-state index contributed by atoms with van der Waals surface area (Å²) in [5.41, 5.74) is 5.77. The summed E-state index contributed by atoms with van der Waals surface area (Å²) in [4.78, 5) is 23.5. The molecule has 0 aliphatic carbocycles. The van der Waals surface area contributed by atoms with Crippen LogP contribution in [0.1, 0.15) is 56.8 Å². The van der Waals surface area contributed by atoms with Gasteiger partial charge in [0.15, 0.2) is 0 Å². The first-order chi connectivity index (χ1) is 11.0. The molecule has 0 atom stereocenters. The summed E-state index contributed by atoms with van der Waals surface area (Å²) >= 11 is 2.61. The quantitative estimate of drug-likeness (QED) is 0.439. The SMILES string of the molecule is CCCCCCSc1nsc(NC(=O)NCC(C)C)c1C(N)=O. The van der Waals surface area contributed by atoms with Crippen LogP contribution < -0.4 is 16.4 Å². The van der Waals surface area contributed by atoms with Gasteiger partial charge in [0.1, 0.15) is 15.6 Å². The number of hydrogen-bond donors (Lipinski definition) is 3. The zero-order chi connectivity index (χ0) is 17.2. The van der Waals surface area contributed by atoms with E-state index in [0.717, 1.165) is 23.7 Å². The molecule has 8 heteroatoms. The van der Waals surface area contributed by atoms with Crippen LogP contribution in [-0.4, -0.2) is 28.6 Å². The van der Waals surface area contributed by atoms with Gasteiger partial charge in [0.25, 0.3) is 5.91 Å². The van der Waals surface area contributed by atoms with Gasteiger partial charge in [-0.3, -0.25) is 10.1 Å². The number of nitrogens with two attached hydrogens (primary N) is 1. The summed E-state index contributed by atoms with van der Waals surface area (Å²) < 4.78 is 4.26. The van der Waals surface area contributed by atoms with E-state index in [2.05, 4.69) is 21.9 Å². The van der Waals surface area contributed by atoms with Gasteiger partial charge in [-0.2, -0.15) is 4.37 Å². The molecule has 1 rings (SSSR count). The Morgan fingerprint density at radius 2 is 2.04 bits per heavy atom. The first-order valence-electron chi connectivity index (χ1n) is 7.92. The Hall–Kier alpha value is -1.28. The molecule has 1 heterocycles. The maximum absolute atomic E-state index is 11.8. The van der Waals surface area contributed by atoms with Crippen LogP contribution in [0.3, 0.4) is 0 Å². The number of rotatable bonds is 10. The molecule has 23 heavy (non-hydrogen) atoms. The summed E-state index contributed by atoms with van der Waals surface area (Å²) in [6.07, 6.45) is 4.64.